The van der Waals surface area contributed by atoms with Gasteiger partial charge in [0.2, 0.25) is 0 Å². The van der Waals surface area contributed by atoms with Crippen molar-refractivity contribution in [1.82, 2.24) is 10.3 Å². The van der Waals surface area contributed by atoms with Gasteiger partial charge in [0.25, 0.3) is 5.91 Å². The molecule has 1 aromatic carbocycles. The maximum Gasteiger partial charge on any atom is 0.309 e. The third kappa shape index (κ3) is 4.17. The summed E-state index contributed by atoms with van der Waals surface area (Å²) < 4.78 is 32.0. The number of nitrogens with one attached hydrogen (secondary N) is 1. The summed E-state index contributed by atoms with van der Waals surface area (Å²) in [4.78, 5) is 27.5. The lowest BCUT2D eigenvalue weighted by molar-refractivity contribution is -0.145. The zero-order chi connectivity index (χ0) is 17.8. The first-order valence-corrected chi connectivity index (χ1v) is 7.86. The highest BCUT2D eigenvalue weighted by molar-refractivity contribution is 5.93. The van der Waals surface area contributed by atoms with Gasteiger partial charge in [-0.15, -0.1) is 0 Å². The minimum absolute atomic E-state index is 0.0184. The number of aromatic nitrogens is 1. The predicted molar refractivity (Wildman–Crippen MR) is 84.7 cm³/mol. The third-order valence-electron chi connectivity index (χ3n) is 4.03. The van der Waals surface area contributed by atoms with E-state index in [1.807, 2.05) is 0 Å². The molecular formula is C18H16F2N2O3. The van der Waals surface area contributed by atoms with Crippen molar-refractivity contribution in [3.63, 3.8) is 0 Å². The van der Waals surface area contributed by atoms with Crippen molar-refractivity contribution in [1.29, 1.82) is 0 Å². The average Bonchev–Trinajstić information content (AvgIpc) is 3.42. The van der Waals surface area contributed by atoms with Gasteiger partial charge in [0.15, 0.2) is 0 Å². The molecule has 0 radical (unpaired) electrons. The molecule has 130 valence electrons. The summed E-state index contributed by atoms with van der Waals surface area (Å²) in [5, 5.41) is 2.62. The molecule has 25 heavy (non-hydrogen) atoms. The van der Waals surface area contributed by atoms with Crippen LogP contribution in [0.3, 0.4) is 0 Å². The molecule has 1 N–H and O–H groups in total. The molecule has 0 spiro atoms. The summed E-state index contributed by atoms with van der Waals surface area (Å²) in [6, 6.07) is 6.36. The van der Waals surface area contributed by atoms with E-state index in [0.717, 1.165) is 18.2 Å². The van der Waals surface area contributed by atoms with Gasteiger partial charge in [-0.25, -0.2) is 8.78 Å². The summed E-state index contributed by atoms with van der Waals surface area (Å²) in [5.74, 6) is -2.63. The van der Waals surface area contributed by atoms with Crippen molar-refractivity contribution in [2.75, 3.05) is 13.2 Å². The molecule has 1 aliphatic carbocycles. The van der Waals surface area contributed by atoms with Crippen LogP contribution in [0.15, 0.2) is 42.7 Å². The van der Waals surface area contributed by atoms with Crippen LogP contribution < -0.4 is 5.32 Å². The van der Waals surface area contributed by atoms with Crippen LogP contribution in [0.2, 0.25) is 0 Å². The van der Waals surface area contributed by atoms with E-state index in [2.05, 4.69) is 10.3 Å². The Balaban J connectivity index is 1.42. The van der Waals surface area contributed by atoms with Crippen LogP contribution in [0, 0.1) is 17.6 Å². The van der Waals surface area contributed by atoms with Crippen LogP contribution in [0.4, 0.5) is 8.78 Å². The van der Waals surface area contributed by atoms with Crippen molar-refractivity contribution in [2.24, 2.45) is 5.92 Å². The number of benzene rings is 1. The number of halogens is 2. The summed E-state index contributed by atoms with van der Waals surface area (Å²) in [7, 11) is 0. The number of rotatable bonds is 6. The van der Waals surface area contributed by atoms with Gasteiger partial charge >= 0.3 is 5.97 Å². The molecule has 1 fully saturated rings. The van der Waals surface area contributed by atoms with Gasteiger partial charge in [-0.1, -0.05) is 0 Å². The second-order valence-corrected chi connectivity index (χ2v) is 5.77. The fourth-order valence-corrected chi connectivity index (χ4v) is 2.63. The Kier molecular flexibility index (Phi) is 5.02. The number of hydrogen-bond acceptors (Lipinski definition) is 4. The van der Waals surface area contributed by atoms with E-state index >= 15 is 0 Å². The zero-order valence-corrected chi connectivity index (χ0v) is 13.2. The first-order valence-electron chi connectivity index (χ1n) is 7.86. The molecule has 1 amide bonds. The highest BCUT2D eigenvalue weighted by Crippen LogP contribution is 2.49. The second-order valence-electron chi connectivity index (χ2n) is 5.77. The maximum absolute atomic E-state index is 13.7. The number of carbonyl (C=O) groups is 2. The topological polar surface area (TPSA) is 68.3 Å². The molecule has 2 unspecified atom stereocenters. The number of carbonyl (C=O) groups excluding carboxylic acids is 2. The molecule has 0 bridgehead atoms. The molecule has 1 saturated carbocycles. The molecule has 1 aliphatic rings. The van der Waals surface area contributed by atoms with E-state index in [-0.39, 0.29) is 30.5 Å². The van der Waals surface area contributed by atoms with E-state index in [1.165, 1.54) is 12.4 Å². The SMILES string of the molecule is O=C(NCCOC(=O)C1CC1c1cc(F)ccc1F)c1ccncc1. The normalized spacial score (nSPS) is 18.5. The Morgan fingerprint density at radius 1 is 1.20 bits per heavy atom. The summed E-state index contributed by atoms with van der Waals surface area (Å²) in [6.07, 6.45) is 3.45. The molecule has 3 rings (SSSR count). The molecular weight excluding hydrogens is 330 g/mol. The molecule has 1 aromatic heterocycles. The zero-order valence-electron chi connectivity index (χ0n) is 13.2. The van der Waals surface area contributed by atoms with Crippen LogP contribution in [0.1, 0.15) is 28.3 Å². The lowest BCUT2D eigenvalue weighted by Crippen LogP contribution is -2.28. The average molecular weight is 346 g/mol. The van der Waals surface area contributed by atoms with Gasteiger partial charge in [-0.05, 0) is 42.3 Å². The Morgan fingerprint density at radius 2 is 1.96 bits per heavy atom. The summed E-state index contributed by atoms with van der Waals surface area (Å²) in [6.45, 7) is 0.184. The number of nitrogens with zero attached hydrogens (tertiary/aromatic N) is 1. The maximum atomic E-state index is 13.7. The molecule has 5 nitrogen and oxygen atoms in total. The fraction of sp³-hybridized carbons (Fsp3) is 0.278. The fourth-order valence-electron chi connectivity index (χ4n) is 2.63. The van der Waals surface area contributed by atoms with Crippen molar-refractivity contribution in [2.45, 2.75) is 12.3 Å². The molecule has 2 atom stereocenters. The summed E-state index contributed by atoms with van der Waals surface area (Å²) in [5.41, 5.74) is 0.665. The van der Waals surface area contributed by atoms with E-state index in [4.69, 9.17) is 4.74 Å². The van der Waals surface area contributed by atoms with Crippen LogP contribution in [-0.2, 0) is 9.53 Å². The van der Waals surface area contributed by atoms with Gasteiger partial charge in [-0.3, -0.25) is 14.6 Å². The smallest absolute Gasteiger partial charge is 0.309 e. The van der Waals surface area contributed by atoms with E-state index < -0.39 is 23.5 Å². The van der Waals surface area contributed by atoms with Crippen LogP contribution in [-0.4, -0.2) is 30.0 Å². The summed E-state index contributed by atoms with van der Waals surface area (Å²) >= 11 is 0. The molecule has 2 aromatic rings. The van der Waals surface area contributed by atoms with Gasteiger partial charge in [0.05, 0.1) is 12.5 Å². The van der Waals surface area contributed by atoms with Crippen molar-refractivity contribution in [3.8, 4) is 0 Å². The monoisotopic (exact) mass is 346 g/mol. The Bertz CT molecular complexity index is 783. The Labute approximate surface area is 143 Å². The minimum Gasteiger partial charge on any atom is -0.464 e. The van der Waals surface area contributed by atoms with E-state index in [9.17, 15) is 18.4 Å². The van der Waals surface area contributed by atoms with E-state index in [0.29, 0.717) is 12.0 Å². The number of esters is 1. The third-order valence-corrected chi connectivity index (χ3v) is 4.03. The van der Waals surface area contributed by atoms with Crippen molar-refractivity contribution in [3.05, 3.63) is 65.5 Å². The van der Waals surface area contributed by atoms with Crippen molar-refractivity contribution >= 4 is 11.9 Å². The van der Waals surface area contributed by atoms with Crippen LogP contribution in [0.5, 0.6) is 0 Å². The Morgan fingerprint density at radius 3 is 2.72 bits per heavy atom. The quantitative estimate of drug-likeness (QED) is 0.644. The van der Waals surface area contributed by atoms with Gasteiger partial charge < -0.3 is 10.1 Å². The van der Waals surface area contributed by atoms with Gasteiger partial charge in [0.1, 0.15) is 18.2 Å². The number of hydrogen-bond donors (Lipinski definition) is 1. The molecule has 0 saturated heterocycles. The molecule has 0 aliphatic heterocycles. The lowest BCUT2D eigenvalue weighted by Gasteiger charge is -2.07. The standard InChI is InChI=1S/C18H16F2N2O3/c19-12-1-2-16(20)14(9-12)13-10-15(13)18(24)25-8-7-22-17(23)11-3-5-21-6-4-11/h1-6,9,13,15H,7-8,10H2,(H,22,23). The number of amides is 1. The van der Waals surface area contributed by atoms with Gasteiger partial charge in [0, 0.05) is 23.9 Å². The highest BCUT2D eigenvalue weighted by atomic mass is 19.1. The van der Waals surface area contributed by atoms with E-state index in [1.54, 1.807) is 12.1 Å². The van der Waals surface area contributed by atoms with Crippen molar-refractivity contribution < 1.29 is 23.1 Å². The largest absolute Gasteiger partial charge is 0.464 e. The lowest BCUT2D eigenvalue weighted by atomic mass is 10.1. The Hall–Kier alpha value is -2.83. The number of ether oxygens (including phenoxy) is 1. The predicted octanol–water partition coefficient (Wildman–Crippen LogP) is 2.44. The molecule has 1 heterocycles. The van der Waals surface area contributed by atoms with Crippen LogP contribution >= 0.6 is 0 Å². The minimum atomic E-state index is -0.533. The first-order chi connectivity index (χ1) is 12.1. The molecule has 7 heteroatoms. The van der Waals surface area contributed by atoms with Gasteiger partial charge in [-0.2, -0.15) is 0 Å². The van der Waals surface area contributed by atoms with Crippen LogP contribution in [0.25, 0.3) is 0 Å². The highest BCUT2D eigenvalue weighted by Gasteiger charge is 2.46. The number of pyridine rings is 1. The first kappa shape index (κ1) is 17.0. The second kappa shape index (κ2) is 7.38.